The fourth-order valence-electron chi connectivity index (χ4n) is 1.84. The number of aromatic amines is 1. The fourth-order valence-corrected chi connectivity index (χ4v) is 1.84. The van der Waals surface area contributed by atoms with E-state index < -0.39 is 0 Å². The summed E-state index contributed by atoms with van der Waals surface area (Å²) in [5.74, 6) is 0. The number of nitrogens with zero attached hydrogens (tertiary/aromatic N) is 1. The molecule has 0 atom stereocenters. The van der Waals surface area contributed by atoms with E-state index in [0.717, 1.165) is 17.9 Å². The van der Waals surface area contributed by atoms with Crippen molar-refractivity contribution in [3.8, 4) is 0 Å². The monoisotopic (exact) mass is 243 g/mol. The molecular weight excluding hydrogens is 222 g/mol. The van der Waals surface area contributed by atoms with Crippen LogP contribution in [0.2, 0.25) is 0 Å². The fraction of sp³-hybridized carbons (Fsp3) is 0.400. The Morgan fingerprint density at radius 2 is 1.83 bits per heavy atom. The molecule has 2 N–H and O–H groups in total. The molecular formula is C15H21N3. The lowest BCUT2D eigenvalue weighted by molar-refractivity contribution is 0.590. The Balaban J connectivity index is 2.01. The zero-order valence-electron chi connectivity index (χ0n) is 11.5. The first-order valence-corrected chi connectivity index (χ1v) is 6.30. The molecule has 1 aromatic carbocycles. The van der Waals surface area contributed by atoms with Crippen molar-refractivity contribution in [3.05, 3.63) is 47.3 Å². The van der Waals surface area contributed by atoms with E-state index in [1.165, 1.54) is 11.1 Å². The van der Waals surface area contributed by atoms with Gasteiger partial charge < -0.3 is 5.32 Å². The van der Waals surface area contributed by atoms with Crippen LogP contribution in [-0.4, -0.2) is 10.2 Å². The molecule has 96 valence electrons. The van der Waals surface area contributed by atoms with Crippen LogP contribution in [0.4, 0.5) is 5.69 Å². The Morgan fingerprint density at radius 1 is 1.17 bits per heavy atom. The van der Waals surface area contributed by atoms with Gasteiger partial charge in [0.2, 0.25) is 0 Å². The highest BCUT2D eigenvalue weighted by atomic mass is 15.1. The van der Waals surface area contributed by atoms with Gasteiger partial charge in [-0.05, 0) is 30.0 Å². The highest BCUT2D eigenvalue weighted by Crippen LogP contribution is 2.23. The van der Waals surface area contributed by atoms with E-state index in [1.54, 1.807) is 0 Å². The molecule has 0 fully saturated rings. The molecule has 0 unspecified atom stereocenters. The van der Waals surface area contributed by atoms with Crippen LogP contribution in [0.25, 0.3) is 0 Å². The van der Waals surface area contributed by atoms with Crippen molar-refractivity contribution >= 4 is 5.69 Å². The maximum absolute atomic E-state index is 4.02. The van der Waals surface area contributed by atoms with Gasteiger partial charge in [-0.15, -0.1) is 0 Å². The average molecular weight is 243 g/mol. The summed E-state index contributed by atoms with van der Waals surface area (Å²) in [7, 11) is 0. The van der Waals surface area contributed by atoms with E-state index in [0.29, 0.717) is 0 Å². The molecule has 18 heavy (non-hydrogen) atoms. The third kappa shape index (κ3) is 2.92. The Labute approximate surface area is 109 Å². The van der Waals surface area contributed by atoms with Crippen molar-refractivity contribution in [1.29, 1.82) is 0 Å². The first-order valence-electron chi connectivity index (χ1n) is 6.30. The van der Waals surface area contributed by atoms with Crippen molar-refractivity contribution in [2.24, 2.45) is 0 Å². The number of aromatic nitrogens is 2. The standard InChI is InChI=1S/C15H21N3/c1-11-12(10-17-18-11)9-16-14-7-5-13(6-8-14)15(2,3)4/h5-8,10,16H,9H2,1-4H3,(H,17,18). The highest BCUT2D eigenvalue weighted by molar-refractivity contribution is 5.46. The molecule has 2 rings (SSSR count). The molecule has 1 heterocycles. The van der Waals surface area contributed by atoms with E-state index in [4.69, 9.17) is 0 Å². The molecule has 0 aliphatic heterocycles. The summed E-state index contributed by atoms with van der Waals surface area (Å²) >= 11 is 0. The molecule has 0 spiro atoms. The van der Waals surface area contributed by atoms with Crippen LogP contribution in [0, 0.1) is 6.92 Å². The molecule has 0 radical (unpaired) electrons. The van der Waals surface area contributed by atoms with Crippen molar-refractivity contribution in [2.45, 2.75) is 39.7 Å². The van der Waals surface area contributed by atoms with Crippen LogP contribution in [0.1, 0.15) is 37.6 Å². The predicted molar refractivity (Wildman–Crippen MR) is 75.8 cm³/mol. The van der Waals surface area contributed by atoms with Gasteiger partial charge in [-0.3, -0.25) is 5.10 Å². The molecule has 0 saturated carbocycles. The summed E-state index contributed by atoms with van der Waals surface area (Å²) in [5, 5.41) is 10.4. The van der Waals surface area contributed by atoms with Crippen molar-refractivity contribution < 1.29 is 0 Å². The largest absolute Gasteiger partial charge is 0.381 e. The second-order valence-corrected chi connectivity index (χ2v) is 5.70. The molecule has 3 nitrogen and oxygen atoms in total. The third-order valence-corrected chi connectivity index (χ3v) is 3.17. The number of hydrogen-bond donors (Lipinski definition) is 2. The van der Waals surface area contributed by atoms with Gasteiger partial charge in [0.1, 0.15) is 0 Å². The molecule has 1 aromatic heterocycles. The lowest BCUT2D eigenvalue weighted by Gasteiger charge is -2.19. The number of hydrogen-bond acceptors (Lipinski definition) is 2. The molecule has 3 heteroatoms. The van der Waals surface area contributed by atoms with Crippen LogP contribution in [-0.2, 0) is 12.0 Å². The van der Waals surface area contributed by atoms with Gasteiger partial charge in [-0.1, -0.05) is 32.9 Å². The molecule has 0 bridgehead atoms. The van der Waals surface area contributed by atoms with Crippen molar-refractivity contribution in [2.75, 3.05) is 5.32 Å². The minimum absolute atomic E-state index is 0.208. The summed E-state index contributed by atoms with van der Waals surface area (Å²) in [4.78, 5) is 0. The second-order valence-electron chi connectivity index (χ2n) is 5.70. The smallest absolute Gasteiger partial charge is 0.0539 e. The number of H-pyrrole nitrogens is 1. The first-order chi connectivity index (χ1) is 8.47. The predicted octanol–water partition coefficient (Wildman–Crippen LogP) is 3.63. The quantitative estimate of drug-likeness (QED) is 0.864. The van der Waals surface area contributed by atoms with Gasteiger partial charge in [0, 0.05) is 23.5 Å². The van der Waals surface area contributed by atoms with Crippen LogP contribution >= 0.6 is 0 Å². The first kappa shape index (κ1) is 12.7. The summed E-state index contributed by atoms with van der Waals surface area (Å²) < 4.78 is 0. The second kappa shape index (κ2) is 4.84. The molecule has 0 saturated heterocycles. The Kier molecular flexibility index (Phi) is 3.41. The van der Waals surface area contributed by atoms with E-state index in [9.17, 15) is 0 Å². The summed E-state index contributed by atoms with van der Waals surface area (Å²) in [6.45, 7) is 9.52. The highest BCUT2D eigenvalue weighted by Gasteiger charge is 2.12. The zero-order chi connectivity index (χ0) is 13.2. The van der Waals surface area contributed by atoms with Gasteiger partial charge in [-0.2, -0.15) is 5.10 Å². The molecule has 0 amide bonds. The van der Waals surface area contributed by atoms with Gasteiger partial charge in [0.15, 0.2) is 0 Å². The van der Waals surface area contributed by atoms with Crippen molar-refractivity contribution in [3.63, 3.8) is 0 Å². The van der Waals surface area contributed by atoms with Crippen LogP contribution < -0.4 is 5.32 Å². The van der Waals surface area contributed by atoms with Gasteiger partial charge >= 0.3 is 0 Å². The number of anilines is 1. The minimum Gasteiger partial charge on any atom is -0.381 e. The van der Waals surface area contributed by atoms with E-state index in [2.05, 4.69) is 60.6 Å². The summed E-state index contributed by atoms with van der Waals surface area (Å²) in [6.07, 6.45) is 1.87. The third-order valence-electron chi connectivity index (χ3n) is 3.17. The van der Waals surface area contributed by atoms with Gasteiger partial charge in [0.05, 0.1) is 6.20 Å². The van der Waals surface area contributed by atoms with Crippen LogP contribution in [0.5, 0.6) is 0 Å². The van der Waals surface area contributed by atoms with Crippen molar-refractivity contribution in [1.82, 2.24) is 10.2 Å². The van der Waals surface area contributed by atoms with Gasteiger partial charge in [-0.25, -0.2) is 0 Å². The number of aryl methyl sites for hydroxylation is 1. The average Bonchev–Trinajstić information content (AvgIpc) is 2.72. The number of rotatable bonds is 3. The Bertz CT molecular complexity index is 503. The summed E-state index contributed by atoms with van der Waals surface area (Å²) in [6, 6.07) is 8.64. The van der Waals surface area contributed by atoms with Gasteiger partial charge in [0.25, 0.3) is 0 Å². The normalized spacial score (nSPS) is 11.6. The molecule has 2 aromatic rings. The number of benzene rings is 1. The SMILES string of the molecule is Cc1[nH]ncc1CNc1ccc(C(C)(C)C)cc1. The summed E-state index contributed by atoms with van der Waals surface area (Å²) in [5.41, 5.74) is 5.03. The number of nitrogens with one attached hydrogen (secondary N) is 2. The molecule has 0 aliphatic carbocycles. The van der Waals surface area contributed by atoms with E-state index >= 15 is 0 Å². The zero-order valence-corrected chi connectivity index (χ0v) is 11.5. The van der Waals surface area contributed by atoms with Crippen LogP contribution in [0.3, 0.4) is 0 Å². The molecule has 0 aliphatic rings. The van der Waals surface area contributed by atoms with E-state index in [1.807, 2.05) is 13.1 Å². The lowest BCUT2D eigenvalue weighted by atomic mass is 9.87. The maximum atomic E-state index is 4.02. The van der Waals surface area contributed by atoms with Crippen LogP contribution in [0.15, 0.2) is 30.5 Å². The maximum Gasteiger partial charge on any atom is 0.0539 e. The minimum atomic E-state index is 0.208. The topological polar surface area (TPSA) is 40.7 Å². The Hall–Kier alpha value is -1.77. The Morgan fingerprint density at radius 3 is 2.33 bits per heavy atom. The lowest BCUT2D eigenvalue weighted by Crippen LogP contribution is -2.10. The van der Waals surface area contributed by atoms with E-state index in [-0.39, 0.29) is 5.41 Å².